The van der Waals surface area contributed by atoms with E-state index in [0.717, 1.165) is 10.8 Å². The van der Waals surface area contributed by atoms with E-state index in [4.69, 9.17) is 16.3 Å². The van der Waals surface area contributed by atoms with Gasteiger partial charge in [-0.05, 0) is 18.4 Å². The van der Waals surface area contributed by atoms with Crippen LogP contribution < -0.4 is 34.3 Å². The molecule has 2 aromatic rings. The topological polar surface area (TPSA) is 55.2 Å². The van der Waals surface area contributed by atoms with Crippen molar-refractivity contribution in [1.82, 2.24) is 9.97 Å². The molecule has 2 aromatic heterocycles. The summed E-state index contributed by atoms with van der Waals surface area (Å²) in [6.07, 6.45) is 2.57. The Bertz CT molecular complexity index is 540. The van der Waals surface area contributed by atoms with E-state index < -0.39 is 6.10 Å². The number of methoxy groups -OCH3 is 1. The molecule has 4 nitrogen and oxygen atoms in total. The number of halogens is 1. The fraction of sp³-hybridized carbons (Fsp3) is 0.273. The van der Waals surface area contributed by atoms with Crippen LogP contribution in [0.25, 0.3) is 10.8 Å². The number of aromatic nitrogens is 2. The third-order valence-electron chi connectivity index (χ3n) is 2.38. The fourth-order valence-corrected chi connectivity index (χ4v) is 1.76. The van der Waals surface area contributed by atoms with Gasteiger partial charge in [-0.2, -0.15) is 0 Å². The van der Waals surface area contributed by atoms with E-state index in [0.29, 0.717) is 16.6 Å². The van der Waals surface area contributed by atoms with Crippen molar-refractivity contribution < 1.29 is 39.4 Å². The molecular formula is C11H11BClN2NaO2. The number of ether oxygens (including phenoxy) is 1. The van der Waals surface area contributed by atoms with Crippen molar-refractivity contribution >= 4 is 30.8 Å². The molecule has 0 aromatic carbocycles. The Morgan fingerprint density at radius 3 is 2.50 bits per heavy atom. The Morgan fingerprint density at radius 1 is 1.28 bits per heavy atom. The summed E-state index contributed by atoms with van der Waals surface area (Å²) in [5.74, 6) is 0.476. The van der Waals surface area contributed by atoms with Gasteiger partial charge in [0, 0.05) is 18.0 Å². The number of aliphatic hydroxyl groups excluding tert-OH is 1. The van der Waals surface area contributed by atoms with E-state index in [1.54, 1.807) is 32.5 Å². The molecule has 2 heterocycles. The summed E-state index contributed by atoms with van der Waals surface area (Å²) in [5, 5.41) is 11.6. The molecule has 18 heavy (non-hydrogen) atoms. The average Bonchev–Trinajstić information content (AvgIpc) is 2.26. The number of hydrogen-bond acceptors (Lipinski definition) is 4. The Kier molecular flexibility index (Phi) is 7.18. The van der Waals surface area contributed by atoms with Gasteiger partial charge in [0.2, 0.25) is 5.88 Å². The van der Waals surface area contributed by atoms with Crippen molar-refractivity contribution in [2.45, 2.75) is 13.0 Å². The minimum Gasteiger partial charge on any atom is -1.00 e. The van der Waals surface area contributed by atoms with Gasteiger partial charge in [-0.1, -0.05) is 11.6 Å². The predicted molar refractivity (Wildman–Crippen MR) is 67.5 cm³/mol. The number of rotatable bonds is 2. The summed E-state index contributed by atoms with van der Waals surface area (Å²) >= 11 is 5.84. The van der Waals surface area contributed by atoms with Crippen LogP contribution in [0.2, 0.25) is 5.15 Å². The zero-order chi connectivity index (χ0) is 11.7. The van der Waals surface area contributed by atoms with Crippen molar-refractivity contribution in [2.24, 2.45) is 0 Å². The second-order valence-electron chi connectivity index (χ2n) is 3.45. The average molecular weight is 272 g/mol. The van der Waals surface area contributed by atoms with Crippen LogP contribution in [-0.4, -0.2) is 30.6 Å². The zero-order valence-corrected chi connectivity index (χ0v) is 13.3. The van der Waals surface area contributed by atoms with Crippen LogP contribution >= 0.6 is 11.6 Å². The maximum Gasteiger partial charge on any atom is 1.00 e. The Morgan fingerprint density at radius 2 is 1.94 bits per heavy atom. The summed E-state index contributed by atoms with van der Waals surface area (Å²) < 4.78 is 5.13. The molecule has 7 heteroatoms. The van der Waals surface area contributed by atoms with Crippen molar-refractivity contribution in [1.29, 1.82) is 0 Å². The van der Waals surface area contributed by atoms with E-state index in [1.165, 1.54) is 0 Å². The first-order chi connectivity index (χ1) is 7.63. The van der Waals surface area contributed by atoms with Crippen LogP contribution in [0.3, 0.4) is 0 Å². The molecule has 0 aliphatic carbocycles. The Labute approximate surface area is 135 Å². The van der Waals surface area contributed by atoms with E-state index in [1.807, 2.05) is 0 Å². The third kappa shape index (κ3) is 3.36. The molecule has 0 aliphatic rings. The van der Waals surface area contributed by atoms with Gasteiger partial charge in [0.05, 0.1) is 18.6 Å². The minimum absolute atomic E-state index is 0. The summed E-state index contributed by atoms with van der Waals surface area (Å²) in [7, 11) is 1.54. The maximum atomic E-state index is 9.63. The third-order valence-corrected chi connectivity index (χ3v) is 2.58. The van der Waals surface area contributed by atoms with Crippen molar-refractivity contribution in [3.8, 4) is 5.88 Å². The first-order valence-corrected chi connectivity index (χ1v) is 5.17. The minimum atomic E-state index is -0.612. The van der Waals surface area contributed by atoms with Gasteiger partial charge in [0.1, 0.15) is 5.15 Å². The molecule has 88 valence electrons. The Balaban J connectivity index is 0.00000144. The molecule has 0 saturated heterocycles. The summed E-state index contributed by atoms with van der Waals surface area (Å²) in [5.41, 5.74) is 0.708. The largest absolute Gasteiger partial charge is 1.00 e. The van der Waals surface area contributed by atoms with Gasteiger partial charge in [-0.3, -0.25) is 0 Å². The van der Waals surface area contributed by atoms with Crippen LogP contribution in [0, 0.1) is 0 Å². The number of aliphatic hydroxyl groups is 1. The Hall–Kier alpha value is -0.325. The molecule has 0 fully saturated rings. The molecule has 0 bridgehead atoms. The van der Waals surface area contributed by atoms with Gasteiger partial charge in [-0.15, -0.1) is 0 Å². The number of pyridine rings is 2. The molecule has 0 spiro atoms. The van der Waals surface area contributed by atoms with Gasteiger partial charge in [0.25, 0.3) is 0 Å². The van der Waals surface area contributed by atoms with Gasteiger partial charge >= 0.3 is 29.6 Å². The molecule has 0 saturated carbocycles. The SMILES string of the molecule is COc1ncc(C(C)O)c2cc(Cl)ncc12.[B-].[Na+]. The molecule has 2 rings (SSSR count). The summed E-state index contributed by atoms with van der Waals surface area (Å²) in [6.45, 7) is 1.68. The molecule has 0 aliphatic heterocycles. The monoisotopic (exact) mass is 272 g/mol. The summed E-state index contributed by atoms with van der Waals surface area (Å²) in [6, 6.07) is 1.70. The van der Waals surface area contributed by atoms with Crippen LogP contribution in [-0.2, 0) is 0 Å². The number of hydrogen-bond donors (Lipinski definition) is 1. The van der Waals surface area contributed by atoms with Crippen molar-refractivity contribution in [3.05, 3.63) is 29.2 Å². The van der Waals surface area contributed by atoms with Crippen molar-refractivity contribution in [3.63, 3.8) is 0 Å². The van der Waals surface area contributed by atoms with E-state index >= 15 is 0 Å². The smallest absolute Gasteiger partial charge is 1.00 e. The molecule has 4 radical (unpaired) electrons. The first kappa shape index (κ1) is 17.7. The normalized spacial score (nSPS) is 11.3. The van der Waals surface area contributed by atoms with Gasteiger partial charge < -0.3 is 18.3 Å². The molecule has 1 N–H and O–H groups in total. The maximum absolute atomic E-state index is 9.63. The van der Waals surface area contributed by atoms with Crippen molar-refractivity contribution in [2.75, 3.05) is 7.11 Å². The number of nitrogens with zero attached hydrogens (tertiary/aromatic N) is 2. The predicted octanol–water partition coefficient (Wildman–Crippen LogP) is -1.03. The van der Waals surface area contributed by atoms with Gasteiger partial charge in [0.15, 0.2) is 0 Å². The van der Waals surface area contributed by atoms with E-state index in [9.17, 15) is 5.11 Å². The standard InChI is InChI=1S/C11H11ClN2O2.B.Na/c1-6(15)8-4-14-11(16-2)9-5-13-10(12)3-7(8)9;;/h3-6,15H,1-2H3;;/q;-1;+1. The van der Waals surface area contributed by atoms with Crippen LogP contribution in [0.15, 0.2) is 18.5 Å². The second-order valence-corrected chi connectivity index (χ2v) is 3.84. The zero-order valence-electron chi connectivity index (χ0n) is 10.5. The quantitative estimate of drug-likeness (QED) is 0.561. The van der Waals surface area contributed by atoms with E-state index in [-0.39, 0.29) is 38.0 Å². The van der Waals surface area contributed by atoms with E-state index in [2.05, 4.69) is 9.97 Å². The number of fused-ring (bicyclic) bond motifs is 1. The molecule has 0 amide bonds. The van der Waals surface area contributed by atoms with Crippen LogP contribution in [0.1, 0.15) is 18.6 Å². The molecule has 1 unspecified atom stereocenters. The van der Waals surface area contributed by atoms with Gasteiger partial charge in [-0.25, -0.2) is 9.97 Å². The molecule has 1 atom stereocenters. The van der Waals surface area contributed by atoms with Crippen LogP contribution in [0.5, 0.6) is 5.88 Å². The van der Waals surface area contributed by atoms with Crippen LogP contribution in [0.4, 0.5) is 0 Å². The second kappa shape index (κ2) is 7.31. The fourth-order valence-electron chi connectivity index (χ4n) is 1.60. The summed E-state index contributed by atoms with van der Waals surface area (Å²) in [4.78, 5) is 8.09. The molecular weight excluding hydrogens is 261 g/mol. The first-order valence-electron chi connectivity index (χ1n) is 4.79.